The zero-order chi connectivity index (χ0) is 23.1. The van der Waals surface area contributed by atoms with Gasteiger partial charge in [-0.25, -0.2) is 12.8 Å². The number of sulfonamides is 1. The average molecular weight is 462 g/mol. The number of likely N-dealkylation sites (N-methyl/N-ethyl adjacent to an activating group) is 1. The molecule has 2 amide bonds. The van der Waals surface area contributed by atoms with Gasteiger partial charge in [0.05, 0.1) is 17.4 Å². The summed E-state index contributed by atoms with van der Waals surface area (Å²) in [5, 5.41) is 2.67. The van der Waals surface area contributed by atoms with E-state index in [9.17, 15) is 22.4 Å². The van der Waals surface area contributed by atoms with Crippen molar-refractivity contribution in [3.05, 3.63) is 66.0 Å². The van der Waals surface area contributed by atoms with Crippen molar-refractivity contribution < 1.29 is 22.4 Å². The van der Waals surface area contributed by atoms with E-state index >= 15 is 0 Å². The van der Waals surface area contributed by atoms with E-state index in [1.807, 2.05) is 37.3 Å². The van der Waals surface area contributed by atoms with Gasteiger partial charge in [0.2, 0.25) is 21.8 Å². The molecule has 0 aromatic heterocycles. The van der Waals surface area contributed by atoms with Crippen LogP contribution >= 0.6 is 0 Å². The molecule has 1 aliphatic heterocycles. The van der Waals surface area contributed by atoms with Gasteiger partial charge in [-0.2, -0.15) is 4.31 Å². The molecule has 1 aliphatic rings. The molecule has 172 valence electrons. The molecule has 1 atom stereocenters. The van der Waals surface area contributed by atoms with Gasteiger partial charge < -0.3 is 10.2 Å². The van der Waals surface area contributed by atoms with Gasteiger partial charge in [-0.05, 0) is 49.6 Å². The summed E-state index contributed by atoms with van der Waals surface area (Å²) in [6.07, 6.45) is 1.07. The maximum Gasteiger partial charge on any atom is 0.243 e. The number of nitrogens with zero attached hydrogens (tertiary/aromatic N) is 2. The lowest BCUT2D eigenvalue weighted by atomic mass is 9.99. The van der Waals surface area contributed by atoms with Gasteiger partial charge in [0.1, 0.15) is 5.82 Å². The Labute approximate surface area is 188 Å². The maximum absolute atomic E-state index is 13.1. The average Bonchev–Trinajstić information content (AvgIpc) is 2.81. The normalized spacial score (nSPS) is 17.0. The van der Waals surface area contributed by atoms with E-state index in [1.54, 1.807) is 4.90 Å². The smallest absolute Gasteiger partial charge is 0.243 e. The molecular weight excluding hydrogens is 433 g/mol. The van der Waals surface area contributed by atoms with Crippen LogP contribution in [0, 0.1) is 11.7 Å². The number of halogens is 1. The fraction of sp³-hybridized carbons (Fsp3) is 0.391. The van der Waals surface area contributed by atoms with Crippen LogP contribution in [0.4, 0.5) is 4.39 Å². The Balaban J connectivity index is 1.56. The lowest BCUT2D eigenvalue weighted by Gasteiger charge is -2.31. The van der Waals surface area contributed by atoms with Crippen molar-refractivity contribution in [2.45, 2.75) is 31.2 Å². The van der Waals surface area contributed by atoms with E-state index in [0.717, 1.165) is 17.7 Å². The van der Waals surface area contributed by atoms with E-state index in [1.165, 1.54) is 16.4 Å². The Hall–Kier alpha value is -2.78. The van der Waals surface area contributed by atoms with E-state index in [0.29, 0.717) is 32.5 Å². The van der Waals surface area contributed by atoms with Crippen LogP contribution in [-0.4, -0.2) is 55.6 Å². The lowest BCUT2D eigenvalue weighted by Crippen LogP contribution is -2.47. The topological polar surface area (TPSA) is 86.8 Å². The third-order valence-corrected chi connectivity index (χ3v) is 7.45. The van der Waals surface area contributed by atoms with Crippen LogP contribution in [0.15, 0.2) is 59.5 Å². The Bertz CT molecular complexity index is 1030. The molecule has 0 bridgehead atoms. The van der Waals surface area contributed by atoms with Gasteiger partial charge >= 0.3 is 0 Å². The van der Waals surface area contributed by atoms with Gasteiger partial charge in [0.25, 0.3) is 0 Å². The maximum atomic E-state index is 13.1. The molecule has 7 nitrogen and oxygen atoms in total. The predicted molar refractivity (Wildman–Crippen MR) is 118 cm³/mol. The van der Waals surface area contributed by atoms with Crippen LogP contribution in [-0.2, 0) is 26.2 Å². The highest BCUT2D eigenvalue weighted by Gasteiger charge is 2.33. The molecule has 3 rings (SSSR count). The molecule has 32 heavy (non-hydrogen) atoms. The Kier molecular flexibility index (Phi) is 7.98. The molecule has 0 spiro atoms. The summed E-state index contributed by atoms with van der Waals surface area (Å²) < 4.78 is 40.1. The fourth-order valence-corrected chi connectivity index (χ4v) is 5.25. The molecule has 0 saturated carbocycles. The highest BCUT2D eigenvalue weighted by atomic mass is 32.2. The van der Waals surface area contributed by atoms with Crippen LogP contribution in [0.1, 0.15) is 25.3 Å². The standard InChI is InChI=1S/C23H28FN3O4S/c1-2-26(16-18-7-4-3-5-8-18)22(28)15-25-23(29)19-9-6-14-27(17-19)32(30,31)21-12-10-20(24)11-13-21/h3-5,7-8,10-13,19H,2,6,9,14-17H2,1H3,(H,25,29). The third kappa shape index (κ3) is 5.92. The van der Waals surface area contributed by atoms with E-state index in [2.05, 4.69) is 5.32 Å². The summed E-state index contributed by atoms with van der Waals surface area (Å²) in [5.41, 5.74) is 1.00. The summed E-state index contributed by atoms with van der Waals surface area (Å²) in [4.78, 5) is 26.9. The number of benzene rings is 2. The van der Waals surface area contributed by atoms with Gasteiger partial charge in [0.15, 0.2) is 0 Å². The zero-order valence-electron chi connectivity index (χ0n) is 18.0. The van der Waals surface area contributed by atoms with E-state index < -0.39 is 21.8 Å². The number of carbonyl (C=O) groups excluding carboxylic acids is 2. The summed E-state index contributed by atoms with van der Waals surface area (Å²) in [6.45, 7) is 3.03. The molecule has 0 aliphatic carbocycles. The monoisotopic (exact) mass is 461 g/mol. The quantitative estimate of drug-likeness (QED) is 0.654. The molecule has 2 aromatic carbocycles. The molecule has 1 fully saturated rings. The lowest BCUT2D eigenvalue weighted by molar-refractivity contribution is -0.134. The van der Waals surface area contributed by atoms with Crippen molar-refractivity contribution in [3.8, 4) is 0 Å². The predicted octanol–water partition coefficient (Wildman–Crippen LogP) is 2.39. The number of hydrogen-bond acceptors (Lipinski definition) is 4. The molecule has 1 saturated heterocycles. The minimum atomic E-state index is -3.82. The number of carbonyl (C=O) groups is 2. The number of amides is 2. The van der Waals surface area contributed by atoms with Crippen LogP contribution in [0.3, 0.4) is 0 Å². The van der Waals surface area contributed by atoms with Crippen LogP contribution in [0.25, 0.3) is 0 Å². The van der Waals surface area contributed by atoms with Crippen molar-refractivity contribution in [1.29, 1.82) is 0 Å². The number of nitrogens with one attached hydrogen (secondary N) is 1. The first-order valence-electron chi connectivity index (χ1n) is 10.7. The van der Waals surface area contributed by atoms with Gasteiger partial charge in [0, 0.05) is 26.2 Å². The van der Waals surface area contributed by atoms with Gasteiger partial charge in [-0.3, -0.25) is 9.59 Å². The molecule has 0 radical (unpaired) electrons. The highest BCUT2D eigenvalue weighted by Crippen LogP contribution is 2.24. The van der Waals surface area contributed by atoms with Gasteiger partial charge in [-0.15, -0.1) is 0 Å². The molecule has 1 N–H and O–H groups in total. The van der Waals surface area contributed by atoms with E-state index in [-0.39, 0.29) is 29.8 Å². The minimum Gasteiger partial charge on any atom is -0.347 e. The molecule has 9 heteroatoms. The third-order valence-electron chi connectivity index (χ3n) is 5.57. The summed E-state index contributed by atoms with van der Waals surface area (Å²) in [7, 11) is -3.82. The highest BCUT2D eigenvalue weighted by molar-refractivity contribution is 7.89. The van der Waals surface area contributed by atoms with Crippen LogP contribution in [0.5, 0.6) is 0 Å². The summed E-state index contributed by atoms with van der Waals surface area (Å²) >= 11 is 0. The second-order valence-corrected chi connectivity index (χ2v) is 9.71. The van der Waals surface area contributed by atoms with Crippen molar-refractivity contribution in [2.24, 2.45) is 5.92 Å². The zero-order valence-corrected chi connectivity index (χ0v) is 18.9. The summed E-state index contributed by atoms with van der Waals surface area (Å²) in [6, 6.07) is 14.2. The second kappa shape index (κ2) is 10.7. The number of rotatable bonds is 8. The Morgan fingerprint density at radius 2 is 1.81 bits per heavy atom. The largest absolute Gasteiger partial charge is 0.347 e. The number of hydrogen-bond donors (Lipinski definition) is 1. The molecular formula is C23H28FN3O4S. The summed E-state index contributed by atoms with van der Waals surface area (Å²) in [5.74, 6) is -1.60. The van der Waals surface area contributed by atoms with E-state index in [4.69, 9.17) is 0 Å². The van der Waals surface area contributed by atoms with Crippen LogP contribution in [0.2, 0.25) is 0 Å². The van der Waals surface area contributed by atoms with Crippen molar-refractivity contribution in [2.75, 3.05) is 26.2 Å². The van der Waals surface area contributed by atoms with Crippen molar-refractivity contribution in [3.63, 3.8) is 0 Å². The molecule has 2 aromatic rings. The van der Waals surface area contributed by atoms with Crippen molar-refractivity contribution in [1.82, 2.24) is 14.5 Å². The SMILES string of the molecule is CCN(Cc1ccccc1)C(=O)CNC(=O)C1CCCN(S(=O)(=O)c2ccc(F)cc2)C1. The minimum absolute atomic E-state index is 0.00497. The molecule has 1 unspecified atom stereocenters. The Morgan fingerprint density at radius 3 is 2.47 bits per heavy atom. The first-order valence-corrected chi connectivity index (χ1v) is 12.1. The fourth-order valence-electron chi connectivity index (χ4n) is 3.73. The Morgan fingerprint density at radius 1 is 1.12 bits per heavy atom. The molecule has 1 heterocycles. The number of piperidine rings is 1. The second-order valence-electron chi connectivity index (χ2n) is 7.77. The van der Waals surface area contributed by atoms with Crippen molar-refractivity contribution >= 4 is 21.8 Å². The van der Waals surface area contributed by atoms with Gasteiger partial charge in [-0.1, -0.05) is 30.3 Å². The van der Waals surface area contributed by atoms with Crippen LogP contribution < -0.4 is 5.32 Å². The first kappa shape index (κ1) is 23.9. The first-order chi connectivity index (χ1) is 15.3.